The van der Waals surface area contributed by atoms with Crippen molar-refractivity contribution in [2.24, 2.45) is 5.73 Å². The summed E-state index contributed by atoms with van der Waals surface area (Å²) in [5, 5.41) is 9.69. The van der Waals surface area contributed by atoms with Crippen molar-refractivity contribution in [1.29, 1.82) is 5.26 Å². The smallest absolute Gasteiger partial charge is 0.343 e. The number of carbonyl (C=O) groups is 1. The van der Waals surface area contributed by atoms with Gasteiger partial charge >= 0.3 is 5.97 Å². The standard InChI is InChI=1S/C27H24N2O4/c1-3-14-31-20-10-8-19(9-11-20)27(30)32-21-12-13-22-24(15-21)33-26(29)23(16-28)25(22)18-6-4-17(2)5-7-18/h4-13,15,25H,3,14,29H2,1-2H3. The highest BCUT2D eigenvalue weighted by atomic mass is 16.5. The average molecular weight is 440 g/mol. The molecule has 0 radical (unpaired) electrons. The van der Waals surface area contributed by atoms with E-state index < -0.39 is 5.97 Å². The van der Waals surface area contributed by atoms with Gasteiger partial charge in [-0.05, 0) is 49.2 Å². The quantitative estimate of drug-likeness (QED) is 0.417. The Morgan fingerprint density at radius 3 is 2.42 bits per heavy atom. The van der Waals surface area contributed by atoms with E-state index in [9.17, 15) is 10.1 Å². The van der Waals surface area contributed by atoms with E-state index >= 15 is 0 Å². The summed E-state index contributed by atoms with van der Waals surface area (Å²) in [5.41, 5.74) is 9.65. The number of hydrogen-bond donors (Lipinski definition) is 1. The lowest BCUT2D eigenvalue weighted by Gasteiger charge is -2.26. The summed E-state index contributed by atoms with van der Waals surface area (Å²) in [4.78, 5) is 12.6. The van der Waals surface area contributed by atoms with E-state index in [1.54, 1.807) is 42.5 Å². The van der Waals surface area contributed by atoms with Crippen molar-refractivity contribution in [2.75, 3.05) is 6.61 Å². The van der Waals surface area contributed by atoms with Crippen LogP contribution in [0.15, 0.2) is 78.2 Å². The Morgan fingerprint density at radius 2 is 1.76 bits per heavy atom. The van der Waals surface area contributed by atoms with Crippen LogP contribution in [-0.4, -0.2) is 12.6 Å². The maximum atomic E-state index is 12.6. The van der Waals surface area contributed by atoms with Crippen LogP contribution in [0.4, 0.5) is 0 Å². The summed E-state index contributed by atoms with van der Waals surface area (Å²) < 4.78 is 16.8. The topological polar surface area (TPSA) is 94.6 Å². The first-order valence-electron chi connectivity index (χ1n) is 10.7. The van der Waals surface area contributed by atoms with E-state index in [0.717, 1.165) is 23.1 Å². The number of hydrogen-bond acceptors (Lipinski definition) is 6. The highest BCUT2D eigenvalue weighted by Crippen LogP contribution is 2.43. The molecular formula is C27H24N2O4. The minimum atomic E-state index is -0.496. The fraction of sp³-hybridized carbons (Fsp3) is 0.185. The van der Waals surface area contributed by atoms with Crippen molar-refractivity contribution >= 4 is 5.97 Å². The number of fused-ring (bicyclic) bond motifs is 1. The van der Waals surface area contributed by atoms with E-state index in [0.29, 0.717) is 35.0 Å². The Hall–Kier alpha value is -4.24. The van der Waals surface area contributed by atoms with Crippen LogP contribution in [-0.2, 0) is 0 Å². The molecule has 0 aromatic heterocycles. The number of nitrogens with two attached hydrogens (primary N) is 1. The van der Waals surface area contributed by atoms with Gasteiger partial charge in [-0.1, -0.05) is 42.8 Å². The lowest BCUT2D eigenvalue weighted by Crippen LogP contribution is -2.21. The summed E-state index contributed by atoms with van der Waals surface area (Å²) in [5.74, 6) is 0.658. The van der Waals surface area contributed by atoms with E-state index in [4.69, 9.17) is 19.9 Å². The van der Waals surface area contributed by atoms with E-state index in [-0.39, 0.29) is 11.8 Å². The molecule has 1 aliphatic heterocycles. The fourth-order valence-electron chi connectivity index (χ4n) is 3.67. The molecule has 166 valence electrons. The van der Waals surface area contributed by atoms with Gasteiger partial charge in [-0.2, -0.15) is 5.26 Å². The van der Waals surface area contributed by atoms with Crippen LogP contribution in [0.2, 0.25) is 0 Å². The molecule has 6 heteroatoms. The maximum absolute atomic E-state index is 12.6. The predicted octanol–water partition coefficient (Wildman–Crippen LogP) is 5.22. The maximum Gasteiger partial charge on any atom is 0.343 e. The molecule has 2 N–H and O–H groups in total. The third-order valence-electron chi connectivity index (χ3n) is 5.37. The van der Waals surface area contributed by atoms with Gasteiger partial charge < -0.3 is 19.9 Å². The van der Waals surface area contributed by atoms with Gasteiger partial charge in [-0.15, -0.1) is 0 Å². The van der Waals surface area contributed by atoms with Gasteiger partial charge in [0.1, 0.15) is 28.9 Å². The number of allylic oxidation sites excluding steroid dienone is 1. The number of carbonyl (C=O) groups excluding carboxylic acids is 1. The fourth-order valence-corrected chi connectivity index (χ4v) is 3.67. The van der Waals surface area contributed by atoms with Crippen molar-refractivity contribution in [1.82, 2.24) is 0 Å². The molecule has 6 nitrogen and oxygen atoms in total. The minimum Gasteiger partial charge on any atom is -0.494 e. The van der Waals surface area contributed by atoms with Gasteiger partial charge in [0.25, 0.3) is 0 Å². The number of ether oxygens (including phenoxy) is 3. The Bertz CT molecular complexity index is 1240. The van der Waals surface area contributed by atoms with Gasteiger partial charge in [0.15, 0.2) is 0 Å². The first kappa shape index (κ1) is 22.0. The SMILES string of the molecule is CCCOc1ccc(C(=O)Oc2ccc3c(c2)OC(N)=C(C#N)C3c2ccc(C)cc2)cc1. The summed E-state index contributed by atoms with van der Waals surface area (Å²) in [7, 11) is 0. The second-order valence-corrected chi connectivity index (χ2v) is 7.80. The molecule has 0 aliphatic carbocycles. The first-order valence-corrected chi connectivity index (χ1v) is 10.7. The molecule has 0 spiro atoms. The molecule has 0 amide bonds. The van der Waals surface area contributed by atoms with E-state index in [1.165, 1.54) is 0 Å². The first-order chi connectivity index (χ1) is 16.0. The third kappa shape index (κ3) is 4.68. The summed E-state index contributed by atoms with van der Waals surface area (Å²) in [6.07, 6.45) is 0.907. The zero-order valence-corrected chi connectivity index (χ0v) is 18.5. The predicted molar refractivity (Wildman–Crippen MR) is 124 cm³/mol. The Balaban J connectivity index is 1.58. The molecule has 0 bridgehead atoms. The third-order valence-corrected chi connectivity index (χ3v) is 5.37. The molecular weight excluding hydrogens is 416 g/mol. The zero-order valence-electron chi connectivity index (χ0n) is 18.5. The van der Waals surface area contributed by atoms with E-state index in [1.807, 2.05) is 38.1 Å². The Morgan fingerprint density at radius 1 is 1.06 bits per heavy atom. The lowest BCUT2D eigenvalue weighted by atomic mass is 9.83. The number of benzene rings is 3. The van der Waals surface area contributed by atoms with Gasteiger partial charge in [-0.25, -0.2) is 4.79 Å². The zero-order chi connectivity index (χ0) is 23.4. The van der Waals surface area contributed by atoms with Crippen LogP contribution >= 0.6 is 0 Å². The van der Waals surface area contributed by atoms with Gasteiger partial charge in [0.2, 0.25) is 5.88 Å². The summed E-state index contributed by atoms with van der Waals surface area (Å²) >= 11 is 0. The average Bonchev–Trinajstić information content (AvgIpc) is 2.82. The lowest BCUT2D eigenvalue weighted by molar-refractivity contribution is 0.0734. The van der Waals surface area contributed by atoms with Crippen LogP contribution < -0.4 is 19.9 Å². The Kier molecular flexibility index (Phi) is 6.32. The molecule has 1 unspecified atom stereocenters. The molecule has 0 fully saturated rings. The van der Waals surface area contributed by atoms with E-state index in [2.05, 4.69) is 6.07 Å². The molecule has 3 aromatic rings. The number of esters is 1. The molecule has 0 saturated heterocycles. The molecule has 4 rings (SSSR count). The molecule has 1 heterocycles. The summed E-state index contributed by atoms with van der Waals surface area (Å²) in [6, 6.07) is 22.0. The second kappa shape index (κ2) is 9.49. The van der Waals surface area contributed by atoms with Gasteiger partial charge in [0.05, 0.1) is 18.1 Å². The van der Waals surface area contributed by atoms with Crippen LogP contribution in [0.5, 0.6) is 17.2 Å². The minimum absolute atomic E-state index is 0.0433. The van der Waals surface area contributed by atoms with Crippen molar-refractivity contribution < 1.29 is 19.0 Å². The number of rotatable bonds is 6. The largest absolute Gasteiger partial charge is 0.494 e. The van der Waals surface area contributed by atoms with Crippen LogP contribution in [0.3, 0.4) is 0 Å². The molecule has 0 saturated carbocycles. The van der Waals surface area contributed by atoms with Crippen LogP contribution in [0.25, 0.3) is 0 Å². The van der Waals surface area contributed by atoms with Crippen LogP contribution in [0, 0.1) is 18.3 Å². The number of nitrogens with zero attached hydrogens (tertiary/aromatic N) is 1. The highest BCUT2D eigenvalue weighted by molar-refractivity contribution is 5.91. The van der Waals surface area contributed by atoms with Crippen molar-refractivity contribution in [3.63, 3.8) is 0 Å². The normalized spacial score (nSPS) is 14.6. The summed E-state index contributed by atoms with van der Waals surface area (Å²) in [6.45, 7) is 4.65. The Labute approximate surface area is 192 Å². The van der Waals surface area contributed by atoms with Crippen molar-refractivity contribution in [3.8, 4) is 23.3 Å². The highest BCUT2D eigenvalue weighted by Gasteiger charge is 2.31. The van der Waals surface area contributed by atoms with Gasteiger partial charge in [-0.3, -0.25) is 0 Å². The van der Waals surface area contributed by atoms with Crippen LogP contribution in [0.1, 0.15) is 46.3 Å². The molecule has 1 atom stereocenters. The molecule has 3 aromatic carbocycles. The second-order valence-electron chi connectivity index (χ2n) is 7.80. The monoisotopic (exact) mass is 440 g/mol. The molecule has 1 aliphatic rings. The number of aryl methyl sites for hydroxylation is 1. The van der Waals surface area contributed by atoms with Gasteiger partial charge in [0, 0.05) is 11.6 Å². The van der Waals surface area contributed by atoms with Crippen molar-refractivity contribution in [3.05, 3.63) is 100 Å². The molecule has 33 heavy (non-hydrogen) atoms. The van der Waals surface area contributed by atoms with Crippen molar-refractivity contribution in [2.45, 2.75) is 26.2 Å². The number of nitriles is 1.